The molecular formula is C16H20N2O3S2. The minimum Gasteiger partial charge on any atom is -0.464 e. The second-order valence-electron chi connectivity index (χ2n) is 4.96. The molecule has 124 valence electrons. The highest BCUT2D eigenvalue weighted by molar-refractivity contribution is 8.01. The van der Waals surface area contributed by atoms with E-state index in [1.54, 1.807) is 23.1 Å². The normalized spacial score (nSPS) is 11.7. The van der Waals surface area contributed by atoms with Crippen LogP contribution < -0.4 is 0 Å². The summed E-state index contributed by atoms with van der Waals surface area (Å²) in [5.41, 5.74) is 2.58. The lowest BCUT2D eigenvalue weighted by atomic mass is 10.1. The third-order valence-electron chi connectivity index (χ3n) is 3.16. The summed E-state index contributed by atoms with van der Waals surface area (Å²) in [6, 6.07) is 3.96. The van der Waals surface area contributed by atoms with Crippen molar-refractivity contribution in [3.05, 3.63) is 23.3 Å². The summed E-state index contributed by atoms with van der Waals surface area (Å²) in [5, 5.41) is 3.84. The van der Waals surface area contributed by atoms with Crippen LogP contribution in [0.4, 0.5) is 0 Å². The van der Waals surface area contributed by atoms with E-state index in [0.29, 0.717) is 5.56 Å². The molecule has 0 aliphatic carbocycles. The van der Waals surface area contributed by atoms with E-state index in [-0.39, 0.29) is 5.71 Å². The second kappa shape index (κ2) is 8.31. The third kappa shape index (κ3) is 4.23. The van der Waals surface area contributed by atoms with Gasteiger partial charge >= 0.3 is 5.97 Å². The Bertz CT molecular complexity index is 725. The predicted octanol–water partition coefficient (Wildman–Crippen LogP) is 4.02. The number of carbonyl (C=O) groups is 1. The van der Waals surface area contributed by atoms with Crippen molar-refractivity contribution in [2.45, 2.75) is 31.0 Å². The molecule has 0 N–H and O–H groups in total. The van der Waals surface area contributed by atoms with Crippen LogP contribution in [0.5, 0.6) is 0 Å². The molecule has 7 heteroatoms. The van der Waals surface area contributed by atoms with Crippen LogP contribution in [0.25, 0.3) is 10.2 Å². The lowest BCUT2D eigenvalue weighted by Crippen LogP contribution is -2.18. The van der Waals surface area contributed by atoms with Crippen molar-refractivity contribution < 1.29 is 14.4 Å². The average Bonchev–Trinajstić information content (AvgIpc) is 2.94. The monoisotopic (exact) mass is 352 g/mol. The van der Waals surface area contributed by atoms with Crippen LogP contribution in [0.2, 0.25) is 0 Å². The zero-order valence-corrected chi connectivity index (χ0v) is 15.3. The Morgan fingerprint density at radius 3 is 2.83 bits per heavy atom. The molecule has 0 spiro atoms. The van der Waals surface area contributed by atoms with Crippen molar-refractivity contribution in [1.29, 1.82) is 0 Å². The Labute approximate surface area is 144 Å². The van der Waals surface area contributed by atoms with Gasteiger partial charge < -0.3 is 9.57 Å². The van der Waals surface area contributed by atoms with Crippen molar-refractivity contribution in [3.8, 4) is 0 Å². The highest BCUT2D eigenvalue weighted by Crippen LogP contribution is 2.33. The van der Waals surface area contributed by atoms with E-state index in [2.05, 4.69) is 23.1 Å². The summed E-state index contributed by atoms with van der Waals surface area (Å²) in [7, 11) is 2.73. The van der Waals surface area contributed by atoms with Gasteiger partial charge in [-0.25, -0.2) is 9.78 Å². The number of methoxy groups -OCH3 is 1. The smallest absolute Gasteiger partial charge is 0.360 e. The molecule has 0 aliphatic rings. The molecule has 0 fully saturated rings. The van der Waals surface area contributed by atoms with Crippen molar-refractivity contribution in [1.82, 2.24) is 4.98 Å². The topological polar surface area (TPSA) is 60.8 Å². The molecule has 23 heavy (non-hydrogen) atoms. The number of aryl methyl sites for hydroxylation is 1. The summed E-state index contributed by atoms with van der Waals surface area (Å²) in [6.07, 6.45) is 2.32. The number of rotatable bonds is 7. The molecule has 1 heterocycles. The molecule has 0 saturated heterocycles. The predicted molar refractivity (Wildman–Crippen MR) is 95.6 cm³/mol. The maximum absolute atomic E-state index is 12.0. The van der Waals surface area contributed by atoms with Gasteiger partial charge in [0, 0.05) is 11.3 Å². The summed E-state index contributed by atoms with van der Waals surface area (Å²) < 4.78 is 6.85. The first kappa shape index (κ1) is 17.7. The Balaban J connectivity index is 2.49. The van der Waals surface area contributed by atoms with Gasteiger partial charge in [-0.1, -0.05) is 30.3 Å². The van der Waals surface area contributed by atoms with Crippen LogP contribution in [0, 0.1) is 6.92 Å². The van der Waals surface area contributed by atoms with Crippen LogP contribution in [0.1, 0.15) is 30.9 Å². The first-order chi connectivity index (χ1) is 11.1. The fourth-order valence-electron chi connectivity index (χ4n) is 2.08. The molecule has 1 aromatic heterocycles. The van der Waals surface area contributed by atoms with E-state index in [0.717, 1.165) is 38.7 Å². The number of thiazole rings is 1. The Hall–Kier alpha value is -1.60. The SMILES string of the molecule is CCCCSc1nc2c(/C(=N\OC)C(=O)OC)cc(C)cc2s1. The highest BCUT2D eigenvalue weighted by atomic mass is 32.2. The van der Waals surface area contributed by atoms with Crippen LogP contribution >= 0.6 is 23.1 Å². The maximum atomic E-state index is 12.0. The molecular weight excluding hydrogens is 332 g/mol. The van der Waals surface area contributed by atoms with Crippen LogP contribution in [0.15, 0.2) is 21.6 Å². The molecule has 2 aromatic rings. The number of unbranched alkanes of at least 4 members (excludes halogenated alkanes) is 1. The van der Waals surface area contributed by atoms with Gasteiger partial charge in [-0.3, -0.25) is 0 Å². The summed E-state index contributed by atoms with van der Waals surface area (Å²) >= 11 is 3.38. The number of aromatic nitrogens is 1. The summed E-state index contributed by atoms with van der Waals surface area (Å²) in [4.78, 5) is 21.5. The minimum absolute atomic E-state index is 0.138. The third-order valence-corrected chi connectivity index (χ3v) is 5.39. The largest absolute Gasteiger partial charge is 0.464 e. The molecule has 1 aromatic carbocycles. The number of hydrogen-bond acceptors (Lipinski definition) is 7. The number of thioether (sulfide) groups is 1. The average molecular weight is 352 g/mol. The number of nitrogens with zero attached hydrogens (tertiary/aromatic N) is 2. The molecule has 0 bridgehead atoms. The molecule has 0 aliphatic heterocycles. The number of hydrogen-bond donors (Lipinski definition) is 0. The molecule has 5 nitrogen and oxygen atoms in total. The van der Waals surface area contributed by atoms with Gasteiger partial charge in [-0.05, 0) is 31.0 Å². The van der Waals surface area contributed by atoms with Gasteiger partial charge in [-0.15, -0.1) is 11.3 Å². The van der Waals surface area contributed by atoms with Crippen LogP contribution in [-0.4, -0.2) is 36.6 Å². The second-order valence-corrected chi connectivity index (χ2v) is 7.33. The standard InChI is InChI=1S/C16H20N2O3S2/c1-5-6-7-22-16-17-13-11(8-10(2)9-12(13)23-16)14(18-21-4)15(19)20-3/h8-9H,5-7H2,1-4H3/b18-14+. The van der Waals surface area contributed by atoms with Gasteiger partial charge in [0.1, 0.15) is 7.11 Å². The molecule has 0 unspecified atom stereocenters. The lowest BCUT2D eigenvalue weighted by molar-refractivity contribution is -0.132. The van der Waals surface area contributed by atoms with Gasteiger partial charge in [-0.2, -0.15) is 0 Å². The van der Waals surface area contributed by atoms with E-state index in [4.69, 9.17) is 9.57 Å². The Kier molecular flexibility index (Phi) is 6.41. The first-order valence-corrected chi connectivity index (χ1v) is 9.14. The van der Waals surface area contributed by atoms with Crippen molar-refractivity contribution in [2.75, 3.05) is 20.0 Å². The van der Waals surface area contributed by atoms with Gasteiger partial charge in [0.15, 0.2) is 10.1 Å². The summed E-state index contributed by atoms with van der Waals surface area (Å²) in [6.45, 7) is 4.15. The maximum Gasteiger partial charge on any atom is 0.360 e. The van der Waals surface area contributed by atoms with E-state index >= 15 is 0 Å². The molecule has 0 atom stereocenters. The van der Waals surface area contributed by atoms with Crippen LogP contribution in [0.3, 0.4) is 0 Å². The molecule has 0 amide bonds. The van der Waals surface area contributed by atoms with Crippen molar-refractivity contribution in [3.63, 3.8) is 0 Å². The first-order valence-electron chi connectivity index (χ1n) is 7.34. The lowest BCUT2D eigenvalue weighted by Gasteiger charge is -2.06. The quantitative estimate of drug-likeness (QED) is 0.248. The zero-order valence-electron chi connectivity index (χ0n) is 13.7. The van der Waals surface area contributed by atoms with E-state index in [1.807, 2.05) is 13.0 Å². The van der Waals surface area contributed by atoms with Gasteiger partial charge in [0.2, 0.25) is 0 Å². The van der Waals surface area contributed by atoms with Crippen LogP contribution in [-0.2, 0) is 14.4 Å². The zero-order chi connectivity index (χ0) is 16.8. The van der Waals surface area contributed by atoms with Crippen molar-refractivity contribution in [2.24, 2.45) is 5.16 Å². The van der Waals surface area contributed by atoms with Gasteiger partial charge in [0.05, 0.1) is 17.3 Å². The highest BCUT2D eigenvalue weighted by Gasteiger charge is 2.21. The molecule has 0 radical (unpaired) electrons. The fraction of sp³-hybridized carbons (Fsp3) is 0.438. The Morgan fingerprint density at radius 1 is 1.39 bits per heavy atom. The minimum atomic E-state index is -0.535. The fourth-order valence-corrected chi connectivity index (χ4v) is 4.42. The number of esters is 1. The van der Waals surface area contributed by atoms with E-state index in [1.165, 1.54) is 14.2 Å². The Morgan fingerprint density at radius 2 is 2.17 bits per heavy atom. The number of benzene rings is 1. The van der Waals surface area contributed by atoms with E-state index < -0.39 is 5.97 Å². The molecule has 0 saturated carbocycles. The van der Waals surface area contributed by atoms with E-state index in [9.17, 15) is 4.79 Å². The molecule has 2 rings (SSSR count). The van der Waals surface area contributed by atoms with Crippen molar-refractivity contribution >= 4 is 45.0 Å². The summed E-state index contributed by atoms with van der Waals surface area (Å²) in [5.74, 6) is 0.507. The number of oxime groups is 1. The number of carbonyl (C=O) groups excluding carboxylic acids is 1. The number of ether oxygens (including phenoxy) is 1. The number of fused-ring (bicyclic) bond motifs is 1. The van der Waals surface area contributed by atoms with Gasteiger partial charge in [0.25, 0.3) is 0 Å².